The van der Waals surface area contributed by atoms with Crippen LogP contribution in [-0.4, -0.2) is 16.7 Å². The number of nitrogens with zero attached hydrogens (tertiary/aromatic N) is 1. The molecule has 1 aromatic heterocycles. The molecule has 28 heavy (non-hydrogen) atoms. The number of carbonyl (C=O) groups is 2. The second-order valence-electron chi connectivity index (χ2n) is 6.51. The van der Waals surface area contributed by atoms with Crippen molar-refractivity contribution in [2.45, 2.75) is 13.5 Å². The lowest BCUT2D eigenvalue weighted by Gasteiger charge is -2.16. The average Bonchev–Trinajstić information content (AvgIpc) is 3.27. The summed E-state index contributed by atoms with van der Waals surface area (Å²) < 4.78 is 0. The van der Waals surface area contributed by atoms with Gasteiger partial charge in [0, 0.05) is 15.6 Å². The van der Waals surface area contributed by atoms with Crippen LogP contribution in [0.25, 0.3) is 5.57 Å². The molecular formula is C22H17ClN2O2S. The number of aryl methyl sites for hydroxylation is 1. The van der Waals surface area contributed by atoms with Crippen molar-refractivity contribution in [2.24, 2.45) is 0 Å². The van der Waals surface area contributed by atoms with Gasteiger partial charge in [-0.25, -0.2) is 0 Å². The van der Waals surface area contributed by atoms with Crippen molar-refractivity contribution in [3.05, 3.63) is 92.8 Å². The minimum Gasteiger partial charge on any atom is -0.350 e. The normalized spacial score (nSPS) is 14.1. The van der Waals surface area contributed by atoms with E-state index in [-0.39, 0.29) is 18.4 Å². The number of hydrogen-bond donors (Lipinski definition) is 1. The zero-order valence-electron chi connectivity index (χ0n) is 15.1. The van der Waals surface area contributed by atoms with Gasteiger partial charge in [-0.3, -0.25) is 14.5 Å². The third-order valence-electron chi connectivity index (χ3n) is 4.51. The molecule has 0 bridgehead atoms. The van der Waals surface area contributed by atoms with Crippen LogP contribution in [0.4, 0.5) is 5.69 Å². The maximum Gasteiger partial charge on any atom is 0.278 e. The molecule has 6 heteroatoms. The van der Waals surface area contributed by atoms with E-state index in [0.29, 0.717) is 16.3 Å². The first-order valence-corrected chi connectivity index (χ1v) is 10.0. The molecule has 0 radical (unpaired) electrons. The number of amides is 2. The van der Waals surface area contributed by atoms with E-state index < -0.39 is 0 Å². The quantitative estimate of drug-likeness (QED) is 0.597. The smallest absolute Gasteiger partial charge is 0.278 e. The van der Waals surface area contributed by atoms with Crippen molar-refractivity contribution >= 4 is 46.0 Å². The van der Waals surface area contributed by atoms with Crippen molar-refractivity contribution in [1.82, 2.24) is 4.90 Å². The van der Waals surface area contributed by atoms with Gasteiger partial charge < -0.3 is 5.32 Å². The van der Waals surface area contributed by atoms with E-state index in [1.54, 1.807) is 6.07 Å². The number of nitrogens with one attached hydrogen (secondary N) is 1. The Morgan fingerprint density at radius 3 is 2.54 bits per heavy atom. The molecule has 1 aliphatic heterocycles. The van der Waals surface area contributed by atoms with Gasteiger partial charge in [0.25, 0.3) is 11.8 Å². The standard InChI is InChI=1S/C22H17ClN2O2S/c1-14-6-4-8-16(12-14)24-20-19(18-10-5-11-28-18)21(26)25(22(20)27)13-15-7-2-3-9-17(15)23/h2-12,24H,13H2,1H3. The molecule has 0 saturated carbocycles. The van der Waals surface area contributed by atoms with Gasteiger partial charge in [-0.05, 0) is 47.7 Å². The summed E-state index contributed by atoms with van der Waals surface area (Å²) in [7, 11) is 0. The highest BCUT2D eigenvalue weighted by Gasteiger charge is 2.39. The maximum absolute atomic E-state index is 13.2. The minimum atomic E-state index is -0.352. The Morgan fingerprint density at radius 2 is 1.82 bits per heavy atom. The Balaban J connectivity index is 1.72. The Hall–Kier alpha value is -2.89. The molecule has 0 saturated heterocycles. The van der Waals surface area contributed by atoms with Crippen LogP contribution in [0.3, 0.4) is 0 Å². The number of rotatable bonds is 5. The van der Waals surface area contributed by atoms with Crippen LogP contribution in [0.15, 0.2) is 71.7 Å². The Bertz CT molecular complexity index is 1090. The topological polar surface area (TPSA) is 49.4 Å². The van der Waals surface area contributed by atoms with E-state index >= 15 is 0 Å². The van der Waals surface area contributed by atoms with Gasteiger partial charge >= 0.3 is 0 Å². The highest BCUT2D eigenvalue weighted by atomic mass is 35.5. The van der Waals surface area contributed by atoms with E-state index in [1.165, 1.54) is 16.2 Å². The van der Waals surface area contributed by atoms with Crippen molar-refractivity contribution in [3.63, 3.8) is 0 Å². The molecular weight excluding hydrogens is 392 g/mol. The molecule has 2 aromatic carbocycles. The molecule has 0 atom stereocenters. The van der Waals surface area contributed by atoms with Crippen molar-refractivity contribution in [3.8, 4) is 0 Å². The summed E-state index contributed by atoms with van der Waals surface area (Å²) in [4.78, 5) is 28.3. The highest BCUT2D eigenvalue weighted by molar-refractivity contribution is 7.11. The van der Waals surface area contributed by atoms with Gasteiger partial charge in [0.1, 0.15) is 5.70 Å². The zero-order valence-corrected chi connectivity index (χ0v) is 16.7. The predicted molar refractivity (Wildman–Crippen MR) is 113 cm³/mol. The van der Waals surface area contributed by atoms with E-state index in [9.17, 15) is 9.59 Å². The fourth-order valence-electron chi connectivity index (χ4n) is 3.15. The van der Waals surface area contributed by atoms with Crippen LogP contribution in [0.5, 0.6) is 0 Å². The predicted octanol–water partition coefficient (Wildman–Crippen LogP) is 5.10. The number of hydrogen-bond acceptors (Lipinski definition) is 4. The molecule has 3 aromatic rings. The number of anilines is 1. The van der Waals surface area contributed by atoms with E-state index in [0.717, 1.165) is 21.7 Å². The van der Waals surface area contributed by atoms with Gasteiger partial charge in [0.05, 0.1) is 12.1 Å². The summed E-state index contributed by atoms with van der Waals surface area (Å²) in [6.07, 6.45) is 0. The summed E-state index contributed by atoms with van der Waals surface area (Å²) in [5.41, 5.74) is 3.25. The lowest BCUT2D eigenvalue weighted by Crippen LogP contribution is -2.32. The van der Waals surface area contributed by atoms with E-state index in [2.05, 4.69) is 5.32 Å². The first kappa shape index (κ1) is 18.5. The van der Waals surface area contributed by atoms with E-state index in [1.807, 2.05) is 66.9 Å². The zero-order chi connectivity index (χ0) is 19.7. The molecule has 0 spiro atoms. The largest absolute Gasteiger partial charge is 0.350 e. The summed E-state index contributed by atoms with van der Waals surface area (Å²) in [6.45, 7) is 2.11. The molecule has 2 heterocycles. The molecule has 2 amide bonds. The van der Waals surface area contributed by atoms with Crippen molar-refractivity contribution in [2.75, 3.05) is 5.32 Å². The Kier molecular flexibility index (Phi) is 5.03. The molecule has 1 aliphatic rings. The summed E-state index contributed by atoms with van der Waals surface area (Å²) in [5.74, 6) is -0.669. The fraction of sp³-hybridized carbons (Fsp3) is 0.0909. The highest BCUT2D eigenvalue weighted by Crippen LogP contribution is 2.34. The monoisotopic (exact) mass is 408 g/mol. The summed E-state index contributed by atoms with van der Waals surface area (Å²) in [6, 6.07) is 18.6. The fourth-order valence-corrected chi connectivity index (χ4v) is 4.11. The van der Waals surface area contributed by atoms with Crippen LogP contribution in [0, 0.1) is 6.92 Å². The average molecular weight is 409 g/mol. The minimum absolute atomic E-state index is 0.130. The molecule has 4 rings (SSSR count). The van der Waals surface area contributed by atoms with Gasteiger partial charge in [0.15, 0.2) is 0 Å². The number of imide groups is 1. The van der Waals surface area contributed by atoms with Gasteiger partial charge in [-0.2, -0.15) is 0 Å². The molecule has 4 nitrogen and oxygen atoms in total. The summed E-state index contributed by atoms with van der Waals surface area (Å²) in [5, 5.41) is 5.59. The molecule has 0 aliphatic carbocycles. The molecule has 140 valence electrons. The van der Waals surface area contributed by atoms with Crippen LogP contribution in [0.1, 0.15) is 16.0 Å². The number of thiophene rings is 1. The third-order valence-corrected chi connectivity index (χ3v) is 5.77. The van der Waals surface area contributed by atoms with E-state index in [4.69, 9.17) is 11.6 Å². The number of benzene rings is 2. The first-order chi connectivity index (χ1) is 13.5. The Labute approximate surface area is 172 Å². The molecule has 0 fully saturated rings. The van der Waals surface area contributed by atoms with Crippen LogP contribution >= 0.6 is 22.9 Å². The van der Waals surface area contributed by atoms with Crippen LogP contribution in [0.2, 0.25) is 5.02 Å². The molecule has 1 N–H and O–H groups in total. The SMILES string of the molecule is Cc1cccc(NC2=C(c3cccs3)C(=O)N(Cc3ccccc3Cl)C2=O)c1. The lowest BCUT2D eigenvalue weighted by molar-refractivity contribution is -0.137. The molecule has 0 unspecified atom stereocenters. The maximum atomic E-state index is 13.2. The second-order valence-corrected chi connectivity index (χ2v) is 7.86. The van der Waals surface area contributed by atoms with Crippen LogP contribution < -0.4 is 5.32 Å². The van der Waals surface area contributed by atoms with Gasteiger partial charge in [0.2, 0.25) is 0 Å². The second kappa shape index (κ2) is 7.62. The van der Waals surface area contributed by atoms with Crippen molar-refractivity contribution in [1.29, 1.82) is 0 Å². The third kappa shape index (κ3) is 3.46. The van der Waals surface area contributed by atoms with Crippen molar-refractivity contribution < 1.29 is 9.59 Å². The summed E-state index contributed by atoms with van der Waals surface area (Å²) >= 11 is 7.67. The number of halogens is 1. The van der Waals surface area contributed by atoms with Crippen LogP contribution in [-0.2, 0) is 16.1 Å². The van der Waals surface area contributed by atoms with Gasteiger partial charge in [-0.15, -0.1) is 11.3 Å². The lowest BCUT2D eigenvalue weighted by atomic mass is 10.1. The number of carbonyl (C=O) groups excluding carboxylic acids is 2. The first-order valence-electron chi connectivity index (χ1n) is 8.76. The van der Waals surface area contributed by atoms with Gasteiger partial charge in [-0.1, -0.05) is 48.0 Å². The Morgan fingerprint density at radius 1 is 1.00 bits per heavy atom.